The number of nitrogens with zero attached hydrogens (tertiary/aromatic N) is 4. The molecule has 0 bridgehead atoms. The molecule has 0 aromatic carbocycles. The van der Waals surface area contributed by atoms with Gasteiger partial charge in [-0.2, -0.15) is 5.26 Å². The van der Waals surface area contributed by atoms with E-state index in [1.54, 1.807) is 4.68 Å². The predicted molar refractivity (Wildman–Crippen MR) is 50.2 cm³/mol. The number of rotatable bonds is 2. The van der Waals surface area contributed by atoms with Gasteiger partial charge in [0.2, 0.25) is 0 Å². The van der Waals surface area contributed by atoms with Crippen LogP contribution in [0.2, 0.25) is 0 Å². The van der Waals surface area contributed by atoms with Gasteiger partial charge in [-0.05, 0) is 12.1 Å². The summed E-state index contributed by atoms with van der Waals surface area (Å²) in [5.41, 5.74) is 3.28. The van der Waals surface area contributed by atoms with Crippen molar-refractivity contribution in [2.75, 3.05) is 5.43 Å². The van der Waals surface area contributed by atoms with Crippen molar-refractivity contribution in [2.24, 2.45) is 0 Å². The summed E-state index contributed by atoms with van der Waals surface area (Å²) >= 11 is 0. The molecule has 0 amide bonds. The molecule has 68 valence electrons. The Hall–Kier alpha value is -2.35. The number of nitriles is 1. The van der Waals surface area contributed by atoms with E-state index >= 15 is 0 Å². The van der Waals surface area contributed by atoms with Crippen molar-refractivity contribution in [3.05, 3.63) is 42.6 Å². The summed E-state index contributed by atoms with van der Waals surface area (Å²) in [5.74, 6) is 0.597. The smallest absolute Gasteiger partial charge is 0.163 e. The summed E-state index contributed by atoms with van der Waals surface area (Å²) < 4.78 is 1.75. The molecule has 0 saturated heterocycles. The number of anilines is 1. The van der Waals surface area contributed by atoms with Crippen molar-refractivity contribution in [1.82, 2.24) is 14.6 Å². The molecule has 5 nitrogen and oxygen atoms in total. The van der Waals surface area contributed by atoms with Crippen LogP contribution in [0, 0.1) is 11.3 Å². The van der Waals surface area contributed by atoms with Crippen molar-refractivity contribution in [3.8, 4) is 6.07 Å². The molecule has 0 atom stereocenters. The largest absolute Gasteiger partial charge is 0.277 e. The Balaban J connectivity index is 2.15. The van der Waals surface area contributed by atoms with Crippen LogP contribution >= 0.6 is 0 Å². The van der Waals surface area contributed by atoms with E-state index in [9.17, 15) is 0 Å². The minimum Gasteiger partial charge on any atom is -0.277 e. The van der Waals surface area contributed by atoms with Gasteiger partial charge in [0.15, 0.2) is 11.5 Å². The molecule has 5 heteroatoms. The predicted octanol–water partition coefficient (Wildman–Crippen LogP) is 1.02. The average Bonchev–Trinajstić information content (AvgIpc) is 2.72. The second-order valence-electron chi connectivity index (χ2n) is 2.60. The highest BCUT2D eigenvalue weighted by Gasteiger charge is 1.95. The fourth-order valence-electron chi connectivity index (χ4n) is 0.985. The zero-order valence-corrected chi connectivity index (χ0v) is 7.25. The van der Waals surface area contributed by atoms with Crippen LogP contribution in [-0.4, -0.2) is 14.6 Å². The minimum atomic E-state index is 0.308. The quantitative estimate of drug-likeness (QED) is 0.758. The summed E-state index contributed by atoms with van der Waals surface area (Å²) in [4.78, 5) is 7.89. The van der Waals surface area contributed by atoms with Crippen molar-refractivity contribution in [2.45, 2.75) is 0 Å². The molecule has 14 heavy (non-hydrogen) atoms. The zero-order chi connectivity index (χ0) is 9.80. The van der Waals surface area contributed by atoms with Gasteiger partial charge in [-0.1, -0.05) is 0 Å². The van der Waals surface area contributed by atoms with Crippen LogP contribution in [0.25, 0.3) is 0 Å². The van der Waals surface area contributed by atoms with Crippen LogP contribution < -0.4 is 5.43 Å². The third-order valence-corrected chi connectivity index (χ3v) is 1.61. The molecule has 0 saturated carbocycles. The molecule has 0 spiro atoms. The average molecular weight is 185 g/mol. The molecule has 2 aromatic heterocycles. The van der Waals surface area contributed by atoms with Crippen LogP contribution in [0.15, 0.2) is 36.9 Å². The monoisotopic (exact) mass is 185 g/mol. The van der Waals surface area contributed by atoms with Gasteiger partial charge in [0.1, 0.15) is 6.07 Å². The summed E-state index contributed by atoms with van der Waals surface area (Å²) in [5, 5.41) is 8.51. The van der Waals surface area contributed by atoms with Gasteiger partial charge in [-0.25, -0.2) is 9.97 Å². The van der Waals surface area contributed by atoms with Gasteiger partial charge < -0.3 is 0 Å². The molecular weight excluding hydrogens is 178 g/mol. The maximum Gasteiger partial charge on any atom is 0.163 e. The minimum absolute atomic E-state index is 0.308. The van der Waals surface area contributed by atoms with E-state index in [1.165, 1.54) is 12.4 Å². The molecule has 1 N–H and O–H groups in total. The summed E-state index contributed by atoms with van der Waals surface area (Å²) in [6, 6.07) is 5.69. The van der Waals surface area contributed by atoms with Crippen LogP contribution in [0.1, 0.15) is 5.69 Å². The molecule has 2 rings (SSSR count). The molecule has 0 fully saturated rings. The Morgan fingerprint density at radius 2 is 2.00 bits per heavy atom. The molecule has 0 aliphatic rings. The highest BCUT2D eigenvalue weighted by atomic mass is 15.4. The van der Waals surface area contributed by atoms with Crippen LogP contribution in [0.3, 0.4) is 0 Å². The summed E-state index contributed by atoms with van der Waals surface area (Å²) in [6.07, 6.45) is 6.63. The van der Waals surface area contributed by atoms with Crippen LogP contribution in [0.4, 0.5) is 5.82 Å². The van der Waals surface area contributed by atoms with Crippen molar-refractivity contribution < 1.29 is 0 Å². The summed E-state index contributed by atoms with van der Waals surface area (Å²) in [7, 11) is 0. The molecule has 2 heterocycles. The first kappa shape index (κ1) is 8.26. The van der Waals surface area contributed by atoms with Crippen LogP contribution in [0.5, 0.6) is 0 Å². The summed E-state index contributed by atoms with van der Waals surface area (Å²) in [6.45, 7) is 0. The second kappa shape index (κ2) is 3.58. The molecule has 0 aliphatic heterocycles. The van der Waals surface area contributed by atoms with Crippen molar-refractivity contribution in [3.63, 3.8) is 0 Å². The number of hydrogen-bond acceptors (Lipinski definition) is 4. The van der Waals surface area contributed by atoms with Gasteiger partial charge in [-0.3, -0.25) is 10.1 Å². The third-order valence-electron chi connectivity index (χ3n) is 1.61. The number of aromatic nitrogens is 3. The van der Waals surface area contributed by atoms with E-state index in [1.807, 2.05) is 30.6 Å². The number of hydrogen-bond donors (Lipinski definition) is 1. The lowest BCUT2D eigenvalue weighted by Crippen LogP contribution is -2.07. The molecule has 2 aromatic rings. The lowest BCUT2D eigenvalue weighted by molar-refractivity contribution is 0.944. The molecular formula is C9H7N5. The first-order valence-corrected chi connectivity index (χ1v) is 4.00. The van der Waals surface area contributed by atoms with Crippen LogP contribution in [-0.2, 0) is 0 Å². The fourth-order valence-corrected chi connectivity index (χ4v) is 0.985. The topological polar surface area (TPSA) is 66.5 Å². The van der Waals surface area contributed by atoms with E-state index in [2.05, 4.69) is 15.4 Å². The zero-order valence-electron chi connectivity index (χ0n) is 7.25. The molecule has 0 aliphatic carbocycles. The third kappa shape index (κ3) is 1.69. The van der Waals surface area contributed by atoms with Crippen molar-refractivity contribution >= 4 is 5.82 Å². The lowest BCUT2D eigenvalue weighted by Gasteiger charge is -2.04. The Kier molecular flexibility index (Phi) is 2.11. The maximum absolute atomic E-state index is 8.51. The molecule has 0 radical (unpaired) electrons. The van der Waals surface area contributed by atoms with E-state index in [4.69, 9.17) is 5.26 Å². The van der Waals surface area contributed by atoms with Gasteiger partial charge in [0.05, 0.1) is 12.4 Å². The Labute approximate surface area is 80.6 Å². The van der Waals surface area contributed by atoms with Gasteiger partial charge in [-0.15, -0.1) is 0 Å². The Morgan fingerprint density at radius 3 is 2.57 bits per heavy atom. The van der Waals surface area contributed by atoms with Gasteiger partial charge in [0.25, 0.3) is 0 Å². The normalized spacial score (nSPS) is 9.36. The first-order chi connectivity index (χ1) is 6.88. The molecule has 0 unspecified atom stereocenters. The Bertz CT molecular complexity index is 437. The van der Waals surface area contributed by atoms with Gasteiger partial charge >= 0.3 is 0 Å². The van der Waals surface area contributed by atoms with Crippen molar-refractivity contribution in [1.29, 1.82) is 5.26 Å². The van der Waals surface area contributed by atoms with E-state index in [0.29, 0.717) is 11.5 Å². The standard InChI is InChI=1S/C9H7N5/c10-5-8-6-12-9(7-11-8)13-14-3-1-2-4-14/h1-4,6-7H,(H,12,13). The highest BCUT2D eigenvalue weighted by Crippen LogP contribution is 2.00. The van der Waals surface area contributed by atoms with Gasteiger partial charge in [0, 0.05) is 12.4 Å². The van der Waals surface area contributed by atoms with E-state index in [0.717, 1.165) is 0 Å². The lowest BCUT2D eigenvalue weighted by atomic mass is 10.5. The SMILES string of the molecule is N#Cc1cnc(Nn2cccc2)cn1. The number of nitrogens with one attached hydrogen (secondary N) is 1. The Morgan fingerprint density at radius 1 is 1.21 bits per heavy atom. The second-order valence-corrected chi connectivity index (χ2v) is 2.60. The maximum atomic E-state index is 8.51. The fraction of sp³-hybridized carbons (Fsp3) is 0. The first-order valence-electron chi connectivity index (χ1n) is 4.00. The van der Waals surface area contributed by atoms with E-state index < -0.39 is 0 Å². The highest BCUT2D eigenvalue weighted by molar-refractivity contribution is 5.32. The van der Waals surface area contributed by atoms with E-state index in [-0.39, 0.29) is 0 Å².